The lowest BCUT2D eigenvalue weighted by atomic mass is 10.2. The number of hydrogen-bond donors (Lipinski definition) is 0. The molecule has 84 valence electrons. The van der Waals surface area contributed by atoms with Crippen LogP contribution in [-0.4, -0.2) is 31.5 Å². The van der Waals surface area contributed by atoms with Crippen molar-refractivity contribution in [2.24, 2.45) is 0 Å². The summed E-state index contributed by atoms with van der Waals surface area (Å²) in [5.74, 6) is 0.259. The summed E-state index contributed by atoms with van der Waals surface area (Å²) < 4.78 is 5.95. The van der Waals surface area contributed by atoms with Gasteiger partial charge in [-0.05, 0) is 18.2 Å². The van der Waals surface area contributed by atoms with E-state index in [0.717, 1.165) is 4.47 Å². The van der Waals surface area contributed by atoms with Crippen molar-refractivity contribution < 1.29 is 9.53 Å². The van der Waals surface area contributed by atoms with Gasteiger partial charge in [0.15, 0.2) is 0 Å². The Bertz CT molecular complexity index is 440. The molecular weight excluding hydrogens is 272 g/mol. The quantitative estimate of drug-likeness (QED) is 0.798. The van der Waals surface area contributed by atoms with E-state index in [9.17, 15) is 4.79 Å². The molecule has 0 spiro atoms. The second-order valence-corrected chi connectivity index (χ2v) is 4.08. The lowest BCUT2D eigenvalue weighted by molar-refractivity contribution is 0.0808. The van der Waals surface area contributed by atoms with Crippen molar-refractivity contribution in [3.8, 4) is 11.8 Å². The molecule has 1 aromatic rings. The van der Waals surface area contributed by atoms with Crippen molar-refractivity contribution in [2.75, 3.05) is 20.7 Å². The standard InChI is InChI=1S/C11H11BrN2O2/c1-14(6-5-13)11(15)9-4-3-8(12)7-10(9)16-2/h3-4,7H,6H2,1-2H3. The van der Waals surface area contributed by atoms with Crippen LogP contribution in [0.1, 0.15) is 10.4 Å². The molecule has 4 nitrogen and oxygen atoms in total. The molecule has 0 saturated carbocycles. The van der Waals surface area contributed by atoms with Crippen LogP contribution >= 0.6 is 15.9 Å². The molecule has 16 heavy (non-hydrogen) atoms. The van der Waals surface area contributed by atoms with E-state index in [1.54, 1.807) is 25.2 Å². The van der Waals surface area contributed by atoms with E-state index in [1.807, 2.05) is 6.07 Å². The van der Waals surface area contributed by atoms with Crippen molar-refractivity contribution in [3.63, 3.8) is 0 Å². The van der Waals surface area contributed by atoms with Crippen LogP contribution in [0, 0.1) is 11.3 Å². The van der Waals surface area contributed by atoms with E-state index in [-0.39, 0.29) is 12.5 Å². The van der Waals surface area contributed by atoms with Gasteiger partial charge in [-0.25, -0.2) is 0 Å². The van der Waals surface area contributed by atoms with E-state index in [1.165, 1.54) is 12.0 Å². The van der Waals surface area contributed by atoms with Gasteiger partial charge in [0.2, 0.25) is 0 Å². The summed E-state index contributed by atoms with van der Waals surface area (Å²) in [5, 5.41) is 8.52. The Morgan fingerprint density at radius 3 is 2.88 bits per heavy atom. The first-order valence-electron chi connectivity index (χ1n) is 4.56. The van der Waals surface area contributed by atoms with Crippen LogP contribution < -0.4 is 4.74 Å². The predicted octanol–water partition coefficient (Wildman–Crippen LogP) is 2.05. The second-order valence-electron chi connectivity index (χ2n) is 3.16. The molecule has 0 bridgehead atoms. The number of carbonyl (C=O) groups is 1. The van der Waals surface area contributed by atoms with Gasteiger partial charge in [-0.2, -0.15) is 5.26 Å². The Balaban J connectivity index is 3.04. The van der Waals surface area contributed by atoms with Gasteiger partial charge < -0.3 is 9.64 Å². The minimum Gasteiger partial charge on any atom is -0.496 e. The minimum atomic E-state index is -0.231. The van der Waals surface area contributed by atoms with Crippen LogP contribution in [0.3, 0.4) is 0 Å². The summed E-state index contributed by atoms with van der Waals surface area (Å²) >= 11 is 3.30. The highest BCUT2D eigenvalue weighted by Gasteiger charge is 2.16. The maximum Gasteiger partial charge on any atom is 0.258 e. The fraction of sp³-hybridized carbons (Fsp3) is 0.273. The van der Waals surface area contributed by atoms with E-state index in [0.29, 0.717) is 11.3 Å². The van der Waals surface area contributed by atoms with Crippen molar-refractivity contribution in [1.29, 1.82) is 5.26 Å². The number of benzene rings is 1. The number of halogens is 1. The fourth-order valence-corrected chi connectivity index (χ4v) is 1.57. The number of rotatable bonds is 3. The summed E-state index contributed by atoms with van der Waals surface area (Å²) in [6.45, 7) is 0.0536. The molecule has 0 fully saturated rings. The number of amides is 1. The molecule has 1 amide bonds. The monoisotopic (exact) mass is 282 g/mol. The fourth-order valence-electron chi connectivity index (χ4n) is 1.23. The van der Waals surface area contributed by atoms with Crippen LogP contribution in [0.4, 0.5) is 0 Å². The topological polar surface area (TPSA) is 53.3 Å². The van der Waals surface area contributed by atoms with Crippen LogP contribution in [0.5, 0.6) is 5.75 Å². The first-order valence-corrected chi connectivity index (χ1v) is 5.35. The highest BCUT2D eigenvalue weighted by atomic mass is 79.9. The Morgan fingerprint density at radius 1 is 1.62 bits per heavy atom. The van der Waals surface area contributed by atoms with Gasteiger partial charge in [-0.15, -0.1) is 0 Å². The maximum absolute atomic E-state index is 11.9. The van der Waals surface area contributed by atoms with Crippen molar-refractivity contribution in [3.05, 3.63) is 28.2 Å². The van der Waals surface area contributed by atoms with Crippen LogP contribution in [0.2, 0.25) is 0 Å². The summed E-state index contributed by atoms with van der Waals surface area (Å²) in [7, 11) is 3.08. The molecule has 0 aliphatic heterocycles. The highest BCUT2D eigenvalue weighted by Crippen LogP contribution is 2.24. The third-order valence-electron chi connectivity index (χ3n) is 2.05. The maximum atomic E-state index is 11.9. The smallest absolute Gasteiger partial charge is 0.258 e. The molecule has 1 rings (SSSR count). The number of carbonyl (C=O) groups excluding carboxylic acids is 1. The Labute approximate surface area is 103 Å². The zero-order chi connectivity index (χ0) is 12.1. The number of hydrogen-bond acceptors (Lipinski definition) is 3. The molecule has 0 aliphatic rings. The second kappa shape index (κ2) is 5.52. The summed E-state index contributed by atoms with van der Waals surface area (Å²) in [4.78, 5) is 13.2. The van der Waals surface area contributed by atoms with Crippen LogP contribution in [-0.2, 0) is 0 Å². The third kappa shape index (κ3) is 2.74. The average Bonchev–Trinajstić information content (AvgIpc) is 2.28. The number of nitrogens with zero attached hydrogens (tertiary/aromatic N) is 2. The Kier molecular flexibility index (Phi) is 4.32. The van der Waals surface area contributed by atoms with Crippen LogP contribution in [0.25, 0.3) is 0 Å². The largest absolute Gasteiger partial charge is 0.496 e. The molecule has 5 heteroatoms. The average molecular weight is 283 g/mol. The van der Waals surface area contributed by atoms with Gasteiger partial charge in [0.25, 0.3) is 5.91 Å². The van der Waals surface area contributed by atoms with Gasteiger partial charge in [-0.1, -0.05) is 15.9 Å². The van der Waals surface area contributed by atoms with Gasteiger partial charge in [0.1, 0.15) is 12.3 Å². The summed E-state index contributed by atoms with van der Waals surface area (Å²) in [6.07, 6.45) is 0. The predicted molar refractivity (Wildman–Crippen MR) is 63.3 cm³/mol. The SMILES string of the molecule is COc1cc(Br)ccc1C(=O)N(C)CC#N. The number of nitriles is 1. The lowest BCUT2D eigenvalue weighted by Gasteiger charge is -2.15. The van der Waals surface area contributed by atoms with Crippen LogP contribution in [0.15, 0.2) is 22.7 Å². The summed E-state index contributed by atoms with van der Waals surface area (Å²) in [6, 6.07) is 7.06. The molecule has 0 aliphatic carbocycles. The molecule has 0 N–H and O–H groups in total. The number of ether oxygens (including phenoxy) is 1. The highest BCUT2D eigenvalue weighted by molar-refractivity contribution is 9.10. The normalized spacial score (nSPS) is 9.38. The molecule has 1 aromatic carbocycles. The van der Waals surface area contributed by atoms with E-state index in [4.69, 9.17) is 10.00 Å². The Morgan fingerprint density at radius 2 is 2.31 bits per heavy atom. The van der Waals surface area contributed by atoms with Crippen molar-refractivity contribution >= 4 is 21.8 Å². The zero-order valence-corrected chi connectivity index (χ0v) is 10.6. The zero-order valence-electron chi connectivity index (χ0n) is 9.03. The summed E-state index contributed by atoms with van der Waals surface area (Å²) in [5.41, 5.74) is 0.448. The van der Waals surface area contributed by atoms with E-state index >= 15 is 0 Å². The first-order chi connectivity index (χ1) is 7.60. The Hall–Kier alpha value is -1.54. The van der Waals surface area contributed by atoms with Gasteiger partial charge in [-0.3, -0.25) is 4.79 Å². The molecule has 0 atom stereocenters. The minimum absolute atomic E-state index is 0.0536. The lowest BCUT2D eigenvalue weighted by Crippen LogP contribution is -2.27. The molecule has 0 saturated heterocycles. The molecule has 0 unspecified atom stereocenters. The number of methoxy groups -OCH3 is 1. The van der Waals surface area contributed by atoms with Gasteiger partial charge in [0.05, 0.1) is 18.7 Å². The van der Waals surface area contributed by atoms with E-state index < -0.39 is 0 Å². The first kappa shape index (κ1) is 12.5. The van der Waals surface area contributed by atoms with Gasteiger partial charge in [0, 0.05) is 11.5 Å². The van der Waals surface area contributed by atoms with E-state index in [2.05, 4.69) is 15.9 Å². The van der Waals surface area contributed by atoms with Crippen molar-refractivity contribution in [2.45, 2.75) is 0 Å². The molecule has 0 radical (unpaired) electrons. The third-order valence-corrected chi connectivity index (χ3v) is 2.54. The molecule has 0 aromatic heterocycles. The molecule has 0 heterocycles. The van der Waals surface area contributed by atoms with Crippen molar-refractivity contribution in [1.82, 2.24) is 4.90 Å². The van der Waals surface area contributed by atoms with Gasteiger partial charge >= 0.3 is 0 Å². The molecular formula is C11H11BrN2O2.